The fraction of sp³-hybridized carbons (Fsp3) is 0. The van der Waals surface area contributed by atoms with E-state index in [1.165, 1.54) is 49.4 Å². The molecule has 0 radical (unpaired) electrons. The van der Waals surface area contributed by atoms with E-state index < -0.39 is 0 Å². The Morgan fingerprint density at radius 2 is 1.00 bits per heavy atom. The first-order valence-electron chi connectivity index (χ1n) is 14.3. The summed E-state index contributed by atoms with van der Waals surface area (Å²) < 4.78 is 12.4. The second kappa shape index (κ2) is 8.95. The highest BCUT2D eigenvalue weighted by atomic mass is 16.3. The molecule has 0 saturated heterocycles. The van der Waals surface area contributed by atoms with Crippen LogP contribution in [0.15, 0.2) is 155 Å². The number of hydrogen-bond donors (Lipinski definition) is 0. The molecular weight excluding hydrogens is 512 g/mol. The van der Waals surface area contributed by atoms with Gasteiger partial charge < -0.3 is 8.83 Å². The lowest BCUT2D eigenvalue weighted by molar-refractivity contribution is 0.616. The minimum absolute atomic E-state index is 0.869. The summed E-state index contributed by atoms with van der Waals surface area (Å²) in [6.45, 7) is 0. The lowest BCUT2D eigenvalue weighted by Crippen LogP contribution is -1.91. The van der Waals surface area contributed by atoms with E-state index in [0.29, 0.717) is 0 Å². The van der Waals surface area contributed by atoms with Crippen LogP contribution in [-0.2, 0) is 0 Å². The van der Waals surface area contributed by atoms with Crippen molar-refractivity contribution in [2.45, 2.75) is 0 Å². The highest BCUT2D eigenvalue weighted by Crippen LogP contribution is 2.47. The van der Waals surface area contributed by atoms with Gasteiger partial charge >= 0.3 is 0 Å². The largest absolute Gasteiger partial charge is 0.464 e. The molecule has 196 valence electrons. The molecule has 2 heteroatoms. The molecule has 42 heavy (non-hydrogen) atoms. The molecule has 0 amide bonds. The smallest absolute Gasteiger partial charge is 0.143 e. The van der Waals surface area contributed by atoms with E-state index >= 15 is 0 Å². The summed E-state index contributed by atoms with van der Waals surface area (Å²) in [4.78, 5) is 0. The van der Waals surface area contributed by atoms with Crippen molar-refractivity contribution < 1.29 is 8.83 Å². The van der Waals surface area contributed by atoms with Crippen LogP contribution in [0.5, 0.6) is 0 Å². The number of furan rings is 2. The lowest BCUT2D eigenvalue weighted by atomic mass is 9.85. The Morgan fingerprint density at radius 1 is 0.381 bits per heavy atom. The predicted octanol–water partition coefficient (Wildman–Crippen LogP) is 11.6. The number of para-hydroxylation sites is 1. The Morgan fingerprint density at radius 3 is 1.76 bits per heavy atom. The molecule has 0 fully saturated rings. The first kappa shape index (κ1) is 23.1. The van der Waals surface area contributed by atoms with Gasteiger partial charge in [-0.2, -0.15) is 0 Å². The van der Waals surface area contributed by atoms with Crippen LogP contribution in [-0.4, -0.2) is 0 Å². The minimum Gasteiger partial charge on any atom is -0.464 e. The van der Waals surface area contributed by atoms with Gasteiger partial charge in [-0.1, -0.05) is 115 Å². The standard InChI is InChI=1S/C40H24O2/c1-2-10-25(11-3-1)26-12-8-13-28(22-26)38-29-14-4-6-16-31(29)39(32-17-7-5-15-30(32)38)34-19-9-18-33-35-24-36-27(20-21-41-36)23-37(35)42-40(33)34/h1-24H. The van der Waals surface area contributed by atoms with Gasteiger partial charge in [0.2, 0.25) is 0 Å². The maximum atomic E-state index is 6.65. The molecule has 0 atom stereocenters. The molecule has 2 nitrogen and oxygen atoms in total. The van der Waals surface area contributed by atoms with Crippen LogP contribution in [0.4, 0.5) is 0 Å². The van der Waals surface area contributed by atoms with Gasteiger partial charge in [0.1, 0.15) is 16.7 Å². The molecule has 0 aliphatic carbocycles. The van der Waals surface area contributed by atoms with Crippen molar-refractivity contribution in [2.75, 3.05) is 0 Å². The predicted molar refractivity (Wildman–Crippen MR) is 175 cm³/mol. The molecule has 0 aliphatic heterocycles. The molecule has 2 aromatic heterocycles. The monoisotopic (exact) mass is 536 g/mol. The Hall–Kier alpha value is -5.60. The van der Waals surface area contributed by atoms with Gasteiger partial charge in [0.15, 0.2) is 0 Å². The summed E-state index contributed by atoms with van der Waals surface area (Å²) in [6, 6.07) is 49.7. The zero-order chi connectivity index (χ0) is 27.6. The lowest BCUT2D eigenvalue weighted by Gasteiger charge is -2.18. The normalized spacial score (nSPS) is 11.8. The van der Waals surface area contributed by atoms with Crippen molar-refractivity contribution in [3.8, 4) is 33.4 Å². The third-order valence-corrected chi connectivity index (χ3v) is 8.53. The molecular formula is C40H24O2. The van der Waals surface area contributed by atoms with Crippen molar-refractivity contribution >= 4 is 54.5 Å². The topological polar surface area (TPSA) is 26.3 Å². The van der Waals surface area contributed by atoms with E-state index in [2.05, 4.69) is 133 Å². The first-order chi connectivity index (χ1) is 20.8. The number of hydrogen-bond acceptors (Lipinski definition) is 2. The molecule has 2 heterocycles. The van der Waals surface area contributed by atoms with Gasteiger partial charge in [-0.05, 0) is 68.1 Å². The Labute approximate surface area is 242 Å². The minimum atomic E-state index is 0.869. The van der Waals surface area contributed by atoms with E-state index in [1.807, 2.05) is 6.07 Å². The van der Waals surface area contributed by atoms with Crippen molar-refractivity contribution in [1.29, 1.82) is 0 Å². The third-order valence-electron chi connectivity index (χ3n) is 8.53. The molecule has 9 aromatic rings. The van der Waals surface area contributed by atoms with Crippen LogP contribution in [0.3, 0.4) is 0 Å². The molecule has 0 saturated carbocycles. The van der Waals surface area contributed by atoms with Crippen LogP contribution in [0.1, 0.15) is 0 Å². The highest BCUT2D eigenvalue weighted by molar-refractivity contribution is 6.24. The molecule has 7 aromatic carbocycles. The second-order valence-corrected chi connectivity index (χ2v) is 10.9. The maximum absolute atomic E-state index is 6.65. The van der Waals surface area contributed by atoms with E-state index in [1.54, 1.807) is 6.26 Å². The first-order valence-corrected chi connectivity index (χ1v) is 14.3. The van der Waals surface area contributed by atoms with Crippen molar-refractivity contribution in [2.24, 2.45) is 0 Å². The fourth-order valence-corrected chi connectivity index (χ4v) is 6.66. The van der Waals surface area contributed by atoms with Gasteiger partial charge in [-0.15, -0.1) is 0 Å². The zero-order valence-corrected chi connectivity index (χ0v) is 22.7. The van der Waals surface area contributed by atoms with Crippen LogP contribution in [0.25, 0.3) is 87.8 Å². The van der Waals surface area contributed by atoms with E-state index in [4.69, 9.17) is 8.83 Å². The zero-order valence-electron chi connectivity index (χ0n) is 22.7. The summed E-state index contributed by atoms with van der Waals surface area (Å²) in [5.41, 5.74) is 9.81. The number of rotatable bonds is 3. The number of benzene rings is 7. The third kappa shape index (κ3) is 3.39. The molecule has 0 N–H and O–H groups in total. The summed E-state index contributed by atoms with van der Waals surface area (Å²) in [5.74, 6) is 0. The van der Waals surface area contributed by atoms with Crippen LogP contribution < -0.4 is 0 Å². The van der Waals surface area contributed by atoms with Crippen molar-refractivity contribution in [3.05, 3.63) is 146 Å². The van der Waals surface area contributed by atoms with Crippen molar-refractivity contribution in [1.82, 2.24) is 0 Å². The average Bonchev–Trinajstić information content (AvgIpc) is 3.66. The highest BCUT2D eigenvalue weighted by Gasteiger charge is 2.20. The second-order valence-electron chi connectivity index (χ2n) is 10.9. The summed E-state index contributed by atoms with van der Waals surface area (Å²) >= 11 is 0. The van der Waals surface area contributed by atoms with Crippen molar-refractivity contribution in [3.63, 3.8) is 0 Å². The summed E-state index contributed by atoms with van der Waals surface area (Å²) in [6.07, 6.45) is 1.73. The Kier molecular flexibility index (Phi) is 4.93. The maximum Gasteiger partial charge on any atom is 0.143 e. The summed E-state index contributed by atoms with van der Waals surface area (Å²) in [5, 5.41) is 8.06. The van der Waals surface area contributed by atoms with E-state index in [-0.39, 0.29) is 0 Å². The average molecular weight is 537 g/mol. The Balaban J connectivity index is 1.37. The number of fused-ring (bicyclic) bond motifs is 6. The molecule has 0 unspecified atom stereocenters. The molecule has 0 aliphatic rings. The van der Waals surface area contributed by atoms with E-state index in [9.17, 15) is 0 Å². The van der Waals surface area contributed by atoms with Gasteiger partial charge in [-0.3, -0.25) is 0 Å². The van der Waals surface area contributed by atoms with Gasteiger partial charge in [-0.25, -0.2) is 0 Å². The molecule has 0 bridgehead atoms. The molecule has 0 spiro atoms. The fourth-order valence-electron chi connectivity index (χ4n) is 6.66. The van der Waals surface area contributed by atoms with E-state index in [0.717, 1.165) is 38.5 Å². The van der Waals surface area contributed by atoms with Crippen LogP contribution in [0.2, 0.25) is 0 Å². The van der Waals surface area contributed by atoms with Crippen LogP contribution >= 0.6 is 0 Å². The van der Waals surface area contributed by atoms with Crippen LogP contribution in [0, 0.1) is 0 Å². The molecule has 9 rings (SSSR count). The Bertz CT molecular complexity index is 2400. The summed E-state index contributed by atoms with van der Waals surface area (Å²) in [7, 11) is 0. The SMILES string of the molecule is c1ccc(-c2cccc(-c3c4ccccc4c(-c4cccc5c4oc4cc6ccoc6cc45)c4ccccc34)c2)cc1. The van der Waals surface area contributed by atoms with Gasteiger partial charge in [0.25, 0.3) is 0 Å². The van der Waals surface area contributed by atoms with Gasteiger partial charge in [0.05, 0.1) is 6.26 Å². The quantitative estimate of drug-likeness (QED) is 0.210. The van der Waals surface area contributed by atoms with Gasteiger partial charge in [0, 0.05) is 27.3 Å².